The van der Waals surface area contributed by atoms with E-state index < -0.39 is 23.7 Å². The van der Waals surface area contributed by atoms with Gasteiger partial charge in [0.1, 0.15) is 0 Å². The Morgan fingerprint density at radius 3 is 2.11 bits per heavy atom. The number of Topliss-reactive ketones (excluding diaryl/α,β-unsaturated/α-hetero) is 1. The van der Waals surface area contributed by atoms with Crippen LogP contribution in [0, 0.1) is 5.92 Å². The molecule has 0 bridgehead atoms. The fourth-order valence-corrected chi connectivity index (χ4v) is 1.84. The third kappa shape index (κ3) is 5.89. The fourth-order valence-electron chi connectivity index (χ4n) is 1.84. The average molecular weight is 263 g/mol. The van der Waals surface area contributed by atoms with E-state index in [0.29, 0.717) is 6.42 Å². The van der Waals surface area contributed by atoms with E-state index in [-0.39, 0.29) is 6.42 Å². The lowest BCUT2D eigenvalue weighted by atomic mass is 9.93. The Balaban J connectivity index is 3.94. The first-order valence-electron chi connectivity index (χ1n) is 7.00. The number of ketones is 1. The van der Waals surface area contributed by atoms with E-state index in [1.165, 1.54) is 6.42 Å². The molecule has 0 aromatic rings. The summed E-state index contributed by atoms with van der Waals surface area (Å²) in [5.41, 5.74) is 5.39. The zero-order chi connectivity index (χ0) is 14.2. The maximum atomic E-state index is 13.6. The van der Waals surface area contributed by atoms with Crippen LogP contribution in [0.4, 0.5) is 8.78 Å². The number of rotatable bonds is 10. The number of hydrogen-bond donors (Lipinski definition) is 1. The third-order valence-corrected chi connectivity index (χ3v) is 3.27. The van der Waals surface area contributed by atoms with Crippen molar-refractivity contribution in [2.45, 2.75) is 77.7 Å². The fraction of sp³-hybridized carbons (Fsp3) is 0.929. The lowest BCUT2D eigenvalue weighted by molar-refractivity contribution is -0.147. The van der Waals surface area contributed by atoms with Crippen molar-refractivity contribution in [2.75, 3.05) is 0 Å². The van der Waals surface area contributed by atoms with Gasteiger partial charge in [-0.1, -0.05) is 52.9 Å². The molecule has 0 rings (SSSR count). The van der Waals surface area contributed by atoms with Crippen LogP contribution >= 0.6 is 0 Å². The summed E-state index contributed by atoms with van der Waals surface area (Å²) in [4.78, 5) is 11.5. The highest BCUT2D eigenvalue weighted by molar-refractivity contribution is 5.86. The largest absolute Gasteiger partial charge is 0.322 e. The molecule has 0 heterocycles. The van der Waals surface area contributed by atoms with Crippen molar-refractivity contribution in [3.8, 4) is 0 Å². The number of carbonyl (C=O) groups is 1. The normalized spacial score (nSPS) is 13.9. The molecule has 0 aliphatic heterocycles. The molecule has 0 aromatic heterocycles. The van der Waals surface area contributed by atoms with Crippen molar-refractivity contribution in [1.29, 1.82) is 0 Å². The zero-order valence-electron chi connectivity index (χ0n) is 11.8. The Morgan fingerprint density at radius 1 is 1.11 bits per heavy atom. The van der Waals surface area contributed by atoms with Crippen LogP contribution < -0.4 is 5.73 Å². The van der Waals surface area contributed by atoms with Crippen LogP contribution in [0.3, 0.4) is 0 Å². The van der Waals surface area contributed by atoms with Gasteiger partial charge in [0.15, 0.2) is 0 Å². The molecule has 1 atom stereocenters. The van der Waals surface area contributed by atoms with Gasteiger partial charge in [-0.25, -0.2) is 0 Å². The minimum absolute atomic E-state index is 0.0560. The lowest BCUT2D eigenvalue weighted by Gasteiger charge is -2.25. The Hall–Kier alpha value is -0.510. The van der Waals surface area contributed by atoms with Crippen molar-refractivity contribution in [3.05, 3.63) is 0 Å². The number of halogens is 2. The van der Waals surface area contributed by atoms with E-state index in [4.69, 9.17) is 5.73 Å². The second kappa shape index (κ2) is 8.57. The maximum absolute atomic E-state index is 13.6. The summed E-state index contributed by atoms with van der Waals surface area (Å²) in [6.07, 6.45) is 5.79. The summed E-state index contributed by atoms with van der Waals surface area (Å²) >= 11 is 0. The molecule has 1 unspecified atom stereocenters. The van der Waals surface area contributed by atoms with Crippen molar-refractivity contribution in [1.82, 2.24) is 0 Å². The highest BCUT2D eigenvalue weighted by Crippen LogP contribution is 2.26. The van der Waals surface area contributed by atoms with Crippen molar-refractivity contribution < 1.29 is 13.6 Å². The molecular formula is C14H27F2NO. The SMILES string of the molecule is CCCCCCCCC(=O)C(F)(F)C(N)C(C)C. The van der Waals surface area contributed by atoms with Gasteiger partial charge in [-0.15, -0.1) is 0 Å². The van der Waals surface area contributed by atoms with Gasteiger partial charge in [0.2, 0.25) is 5.78 Å². The summed E-state index contributed by atoms with van der Waals surface area (Å²) < 4.78 is 27.2. The Labute approximate surface area is 109 Å². The van der Waals surface area contributed by atoms with Gasteiger partial charge < -0.3 is 5.73 Å². The molecule has 0 aliphatic carbocycles. The topological polar surface area (TPSA) is 43.1 Å². The smallest absolute Gasteiger partial charge is 0.320 e. The van der Waals surface area contributed by atoms with E-state index in [0.717, 1.165) is 25.7 Å². The Bertz CT molecular complexity index is 242. The maximum Gasteiger partial charge on any atom is 0.320 e. The molecule has 108 valence electrons. The van der Waals surface area contributed by atoms with Crippen LogP contribution in [-0.4, -0.2) is 17.7 Å². The number of hydrogen-bond acceptors (Lipinski definition) is 2. The second-order valence-electron chi connectivity index (χ2n) is 5.33. The molecule has 0 aliphatic rings. The molecule has 0 saturated heterocycles. The van der Waals surface area contributed by atoms with Gasteiger partial charge in [0, 0.05) is 6.42 Å². The van der Waals surface area contributed by atoms with E-state index in [1.54, 1.807) is 13.8 Å². The molecule has 0 aromatic carbocycles. The predicted molar refractivity (Wildman–Crippen MR) is 70.8 cm³/mol. The highest BCUT2D eigenvalue weighted by atomic mass is 19.3. The first-order valence-corrected chi connectivity index (χ1v) is 7.00. The van der Waals surface area contributed by atoms with Gasteiger partial charge in [-0.2, -0.15) is 8.78 Å². The van der Waals surface area contributed by atoms with Crippen LogP contribution in [0.1, 0.15) is 65.7 Å². The Morgan fingerprint density at radius 2 is 1.61 bits per heavy atom. The van der Waals surface area contributed by atoms with Crippen LogP contribution in [0.5, 0.6) is 0 Å². The van der Waals surface area contributed by atoms with Gasteiger partial charge in [-0.3, -0.25) is 4.79 Å². The number of carbonyl (C=O) groups excluding carboxylic acids is 1. The van der Waals surface area contributed by atoms with Gasteiger partial charge >= 0.3 is 5.92 Å². The minimum atomic E-state index is -3.38. The number of nitrogens with two attached hydrogens (primary N) is 1. The molecular weight excluding hydrogens is 236 g/mol. The Kier molecular flexibility index (Phi) is 8.32. The summed E-state index contributed by atoms with van der Waals surface area (Å²) in [6, 6.07) is -1.37. The third-order valence-electron chi connectivity index (χ3n) is 3.27. The van der Waals surface area contributed by atoms with Crippen molar-refractivity contribution >= 4 is 5.78 Å². The molecule has 0 radical (unpaired) electrons. The second-order valence-corrected chi connectivity index (χ2v) is 5.33. The number of alkyl halides is 2. The molecule has 0 saturated carbocycles. The van der Waals surface area contributed by atoms with E-state index in [9.17, 15) is 13.6 Å². The molecule has 2 N–H and O–H groups in total. The van der Waals surface area contributed by atoms with Crippen molar-refractivity contribution in [3.63, 3.8) is 0 Å². The molecule has 4 heteroatoms. The molecule has 0 amide bonds. The lowest BCUT2D eigenvalue weighted by Crippen LogP contribution is -2.50. The van der Waals surface area contributed by atoms with Crippen molar-refractivity contribution in [2.24, 2.45) is 11.7 Å². The minimum Gasteiger partial charge on any atom is -0.322 e. The first-order chi connectivity index (χ1) is 8.34. The van der Waals surface area contributed by atoms with E-state index in [1.807, 2.05) is 0 Å². The zero-order valence-corrected chi connectivity index (χ0v) is 11.8. The van der Waals surface area contributed by atoms with E-state index >= 15 is 0 Å². The van der Waals surface area contributed by atoms with Crippen LogP contribution in [-0.2, 0) is 4.79 Å². The summed E-state index contributed by atoms with van der Waals surface area (Å²) in [7, 11) is 0. The highest BCUT2D eigenvalue weighted by Gasteiger charge is 2.45. The standard InChI is InChI=1S/C14H27F2NO/c1-4-5-6-7-8-9-10-12(18)14(15,16)13(17)11(2)3/h11,13H,4-10,17H2,1-3H3. The molecule has 18 heavy (non-hydrogen) atoms. The average Bonchev–Trinajstić information content (AvgIpc) is 2.31. The van der Waals surface area contributed by atoms with Gasteiger partial charge in [0.05, 0.1) is 6.04 Å². The summed E-state index contributed by atoms with van der Waals surface area (Å²) in [5, 5.41) is 0. The quantitative estimate of drug-likeness (QED) is 0.607. The van der Waals surface area contributed by atoms with Crippen LogP contribution in [0.15, 0.2) is 0 Å². The number of unbranched alkanes of at least 4 members (excludes halogenated alkanes) is 5. The van der Waals surface area contributed by atoms with Crippen LogP contribution in [0.2, 0.25) is 0 Å². The van der Waals surface area contributed by atoms with Gasteiger partial charge in [-0.05, 0) is 12.3 Å². The molecule has 0 fully saturated rings. The summed E-state index contributed by atoms with van der Waals surface area (Å²) in [6.45, 7) is 5.34. The summed E-state index contributed by atoms with van der Waals surface area (Å²) in [5.74, 6) is -4.77. The predicted octanol–water partition coefficient (Wildman–Crippen LogP) is 3.92. The van der Waals surface area contributed by atoms with Gasteiger partial charge in [0.25, 0.3) is 0 Å². The first kappa shape index (κ1) is 17.5. The monoisotopic (exact) mass is 263 g/mol. The molecule has 2 nitrogen and oxygen atoms in total. The van der Waals surface area contributed by atoms with E-state index in [2.05, 4.69) is 6.92 Å². The van der Waals surface area contributed by atoms with Crippen LogP contribution in [0.25, 0.3) is 0 Å². The molecule has 0 spiro atoms.